The molecule has 0 aliphatic heterocycles. The standard InChI is InChI=1S/C18H23BrN4O2/c1-2-20-18(23-13-16-8-4-11-25-16)22-10-5-9-21-17(24)14-6-3-7-15(19)12-14/h3-4,6-8,11-12H,2,5,9-10,13H2,1H3,(H,21,24)(H2,20,22,23). The van der Waals surface area contributed by atoms with Crippen LogP contribution in [0.1, 0.15) is 29.5 Å². The van der Waals surface area contributed by atoms with Gasteiger partial charge in [-0.05, 0) is 43.7 Å². The van der Waals surface area contributed by atoms with Gasteiger partial charge in [0.05, 0.1) is 6.26 Å². The second-order valence-electron chi connectivity index (χ2n) is 5.32. The molecule has 7 heteroatoms. The maximum atomic E-state index is 12.0. The Hall–Kier alpha value is -2.28. The molecule has 134 valence electrons. The number of aliphatic imine (C=N–C) groups is 1. The molecule has 6 nitrogen and oxygen atoms in total. The molecule has 1 aromatic heterocycles. The summed E-state index contributed by atoms with van der Waals surface area (Å²) in [5, 5.41) is 9.34. The average Bonchev–Trinajstić information content (AvgIpc) is 3.12. The molecular weight excluding hydrogens is 384 g/mol. The molecule has 1 amide bonds. The van der Waals surface area contributed by atoms with E-state index in [-0.39, 0.29) is 5.91 Å². The number of rotatable bonds is 8. The number of amides is 1. The summed E-state index contributed by atoms with van der Waals surface area (Å²) in [6.07, 6.45) is 2.43. The smallest absolute Gasteiger partial charge is 0.251 e. The molecule has 0 aliphatic carbocycles. The second-order valence-corrected chi connectivity index (χ2v) is 6.24. The minimum atomic E-state index is -0.0697. The first-order chi connectivity index (χ1) is 12.2. The van der Waals surface area contributed by atoms with Crippen molar-refractivity contribution >= 4 is 27.8 Å². The third-order valence-corrected chi connectivity index (χ3v) is 3.83. The maximum absolute atomic E-state index is 12.0. The molecule has 2 rings (SSSR count). The Kier molecular flexibility index (Phi) is 8.04. The van der Waals surface area contributed by atoms with Gasteiger partial charge in [-0.25, -0.2) is 4.99 Å². The van der Waals surface area contributed by atoms with Crippen LogP contribution in [0.5, 0.6) is 0 Å². The molecule has 0 unspecified atom stereocenters. The molecule has 0 atom stereocenters. The van der Waals surface area contributed by atoms with Gasteiger partial charge in [0.2, 0.25) is 0 Å². The highest BCUT2D eigenvalue weighted by molar-refractivity contribution is 9.10. The summed E-state index contributed by atoms with van der Waals surface area (Å²) in [5.74, 6) is 1.48. The molecule has 1 heterocycles. The van der Waals surface area contributed by atoms with Crippen LogP contribution in [0.2, 0.25) is 0 Å². The van der Waals surface area contributed by atoms with Crippen LogP contribution < -0.4 is 16.0 Å². The van der Waals surface area contributed by atoms with Crippen molar-refractivity contribution in [2.24, 2.45) is 4.99 Å². The molecule has 0 aliphatic rings. The zero-order valence-corrected chi connectivity index (χ0v) is 15.8. The van der Waals surface area contributed by atoms with Crippen LogP contribution in [-0.2, 0) is 6.54 Å². The monoisotopic (exact) mass is 406 g/mol. The van der Waals surface area contributed by atoms with Crippen LogP contribution in [-0.4, -0.2) is 31.5 Å². The zero-order chi connectivity index (χ0) is 17.9. The highest BCUT2D eigenvalue weighted by Crippen LogP contribution is 2.11. The molecule has 0 spiro atoms. The van der Waals surface area contributed by atoms with E-state index in [1.165, 1.54) is 0 Å². The fourth-order valence-corrected chi connectivity index (χ4v) is 2.53. The quantitative estimate of drug-likeness (QED) is 0.357. The van der Waals surface area contributed by atoms with Gasteiger partial charge < -0.3 is 20.4 Å². The molecule has 0 radical (unpaired) electrons. The summed E-state index contributed by atoms with van der Waals surface area (Å²) in [6, 6.07) is 11.1. The SMILES string of the molecule is CCNC(=NCc1ccco1)NCCCNC(=O)c1cccc(Br)c1. The number of hydrogen-bond acceptors (Lipinski definition) is 3. The van der Waals surface area contributed by atoms with E-state index in [4.69, 9.17) is 4.42 Å². The summed E-state index contributed by atoms with van der Waals surface area (Å²) < 4.78 is 6.16. The van der Waals surface area contributed by atoms with Crippen LogP contribution in [0.25, 0.3) is 0 Å². The van der Waals surface area contributed by atoms with Crippen LogP contribution in [0.3, 0.4) is 0 Å². The van der Waals surface area contributed by atoms with Gasteiger partial charge in [-0.15, -0.1) is 0 Å². The fourth-order valence-electron chi connectivity index (χ4n) is 2.13. The first kappa shape index (κ1) is 19.1. The normalized spacial score (nSPS) is 11.2. The lowest BCUT2D eigenvalue weighted by Gasteiger charge is -2.11. The lowest BCUT2D eigenvalue weighted by molar-refractivity contribution is 0.0953. The number of nitrogens with zero attached hydrogens (tertiary/aromatic N) is 1. The van der Waals surface area contributed by atoms with Crippen molar-refractivity contribution < 1.29 is 9.21 Å². The lowest BCUT2D eigenvalue weighted by atomic mass is 10.2. The van der Waals surface area contributed by atoms with Crippen molar-refractivity contribution in [2.45, 2.75) is 19.9 Å². The Bertz CT molecular complexity index is 686. The third kappa shape index (κ3) is 7.01. The van der Waals surface area contributed by atoms with Crippen molar-refractivity contribution in [1.29, 1.82) is 0 Å². The number of guanidine groups is 1. The van der Waals surface area contributed by atoms with Crippen LogP contribution >= 0.6 is 15.9 Å². The van der Waals surface area contributed by atoms with E-state index in [1.54, 1.807) is 18.4 Å². The molecule has 3 N–H and O–H groups in total. The van der Waals surface area contributed by atoms with Gasteiger partial charge in [-0.1, -0.05) is 22.0 Å². The Morgan fingerprint density at radius 1 is 1.16 bits per heavy atom. The Morgan fingerprint density at radius 3 is 2.72 bits per heavy atom. The van der Waals surface area contributed by atoms with Gasteiger partial charge in [0.1, 0.15) is 12.3 Å². The predicted octanol–water partition coefficient (Wildman–Crippen LogP) is 2.92. The van der Waals surface area contributed by atoms with Gasteiger partial charge in [0.25, 0.3) is 5.91 Å². The predicted molar refractivity (Wildman–Crippen MR) is 103 cm³/mol. The summed E-state index contributed by atoms with van der Waals surface area (Å²) in [6.45, 7) is 4.59. The van der Waals surface area contributed by atoms with Gasteiger partial charge in [-0.2, -0.15) is 0 Å². The molecule has 1 aromatic carbocycles. The number of furan rings is 1. The third-order valence-electron chi connectivity index (χ3n) is 3.34. The topological polar surface area (TPSA) is 78.7 Å². The van der Waals surface area contributed by atoms with E-state index in [9.17, 15) is 4.79 Å². The molecule has 25 heavy (non-hydrogen) atoms. The van der Waals surface area contributed by atoms with E-state index >= 15 is 0 Å². The van der Waals surface area contributed by atoms with Crippen molar-refractivity contribution in [3.63, 3.8) is 0 Å². The van der Waals surface area contributed by atoms with Crippen molar-refractivity contribution in [3.05, 3.63) is 58.5 Å². The minimum Gasteiger partial charge on any atom is -0.467 e. The lowest BCUT2D eigenvalue weighted by Crippen LogP contribution is -2.38. The van der Waals surface area contributed by atoms with Gasteiger partial charge in [0, 0.05) is 29.7 Å². The second kappa shape index (κ2) is 10.6. The largest absolute Gasteiger partial charge is 0.467 e. The summed E-state index contributed by atoms with van der Waals surface area (Å²) in [7, 11) is 0. The van der Waals surface area contributed by atoms with E-state index < -0.39 is 0 Å². The van der Waals surface area contributed by atoms with Gasteiger partial charge in [0.15, 0.2) is 5.96 Å². The highest BCUT2D eigenvalue weighted by Gasteiger charge is 2.05. The summed E-state index contributed by atoms with van der Waals surface area (Å²) >= 11 is 3.37. The van der Waals surface area contributed by atoms with Crippen LogP contribution in [0.15, 0.2) is 56.5 Å². The van der Waals surface area contributed by atoms with E-state index in [1.807, 2.05) is 31.2 Å². The van der Waals surface area contributed by atoms with Crippen molar-refractivity contribution in [1.82, 2.24) is 16.0 Å². The molecule has 0 fully saturated rings. The number of hydrogen-bond donors (Lipinski definition) is 3. The number of benzene rings is 1. The average molecular weight is 407 g/mol. The van der Waals surface area contributed by atoms with Crippen molar-refractivity contribution in [2.75, 3.05) is 19.6 Å². The number of nitrogens with one attached hydrogen (secondary N) is 3. The summed E-state index contributed by atoms with van der Waals surface area (Å²) in [4.78, 5) is 16.5. The maximum Gasteiger partial charge on any atom is 0.251 e. The molecular formula is C18H23BrN4O2. The highest BCUT2D eigenvalue weighted by atomic mass is 79.9. The fraction of sp³-hybridized carbons (Fsp3) is 0.333. The first-order valence-corrected chi connectivity index (χ1v) is 9.06. The first-order valence-electron chi connectivity index (χ1n) is 8.27. The van der Waals surface area contributed by atoms with E-state index in [0.717, 1.165) is 29.2 Å². The van der Waals surface area contributed by atoms with Crippen LogP contribution in [0, 0.1) is 0 Å². The minimum absolute atomic E-state index is 0.0697. The van der Waals surface area contributed by atoms with E-state index in [2.05, 4.69) is 36.9 Å². The Labute approximate surface area is 156 Å². The van der Waals surface area contributed by atoms with E-state index in [0.29, 0.717) is 25.2 Å². The van der Waals surface area contributed by atoms with Gasteiger partial charge >= 0.3 is 0 Å². The molecule has 2 aromatic rings. The number of carbonyl (C=O) groups excluding carboxylic acids is 1. The Balaban J connectivity index is 1.69. The van der Waals surface area contributed by atoms with Crippen LogP contribution in [0.4, 0.5) is 0 Å². The van der Waals surface area contributed by atoms with Crippen molar-refractivity contribution in [3.8, 4) is 0 Å². The van der Waals surface area contributed by atoms with Gasteiger partial charge in [-0.3, -0.25) is 4.79 Å². The zero-order valence-electron chi connectivity index (χ0n) is 14.2. The molecule has 0 bridgehead atoms. The number of carbonyl (C=O) groups is 1. The molecule has 0 saturated heterocycles. The number of halogens is 1. The summed E-state index contributed by atoms with van der Waals surface area (Å²) in [5.41, 5.74) is 0.649. The Morgan fingerprint density at radius 2 is 2.00 bits per heavy atom. The molecule has 0 saturated carbocycles.